The Hall–Kier alpha value is -3.35. The predicted octanol–water partition coefficient (Wildman–Crippen LogP) is 2.28. The van der Waals surface area contributed by atoms with Crippen LogP contribution in [0.5, 0.6) is 5.88 Å². The van der Waals surface area contributed by atoms with E-state index in [2.05, 4.69) is 16.4 Å². The third kappa shape index (κ3) is 3.43. The molecule has 3 N–H and O–H groups in total. The van der Waals surface area contributed by atoms with Crippen LogP contribution in [-0.4, -0.2) is 26.6 Å². The van der Waals surface area contributed by atoms with Crippen molar-refractivity contribution in [2.45, 2.75) is 32.4 Å². The summed E-state index contributed by atoms with van der Waals surface area (Å²) in [5.74, 6) is -0.821. The van der Waals surface area contributed by atoms with Crippen molar-refractivity contribution in [3.05, 3.63) is 75.6 Å². The number of rotatable bonds is 4. The number of fused-ring (bicyclic) bond motifs is 1. The molecule has 0 saturated carbocycles. The molecule has 0 aliphatic heterocycles. The van der Waals surface area contributed by atoms with Gasteiger partial charge in [0.05, 0.1) is 6.20 Å². The maximum atomic E-state index is 13.5. The van der Waals surface area contributed by atoms with E-state index < -0.39 is 5.69 Å². The highest BCUT2D eigenvalue weighted by atomic mass is 19.1. The summed E-state index contributed by atoms with van der Waals surface area (Å²) in [5, 5.41) is 12.5. The second kappa shape index (κ2) is 6.99. The zero-order chi connectivity index (χ0) is 19.8. The Morgan fingerprint density at radius 1 is 1.21 bits per heavy atom. The molecular weight excluding hydrogens is 361 g/mol. The number of imidazole rings is 1. The van der Waals surface area contributed by atoms with Crippen molar-refractivity contribution in [3.63, 3.8) is 0 Å². The Bertz CT molecular complexity index is 1120. The lowest BCUT2D eigenvalue weighted by Crippen LogP contribution is -2.38. The highest BCUT2D eigenvalue weighted by Gasteiger charge is 2.24. The number of halogens is 1. The Kier molecular flexibility index (Phi) is 4.50. The van der Waals surface area contributed by atoms with Gasteiger partial charge in [-0.3, -0.25) is 9.36 Å². The fraction of sp³-hybridized carbons (Fsp3) is 0.238. The number of carbonyl (C=O) groups excluding carboxylic acids is 1. The van der Waals surface area contributed by atoms with Gasteiger partial charge in [0.2, 0.25) is 11.8 Å². The number of hydrogen-bond acceptors (Lipinski definition) is 3. The fourth-order valence-electron chi connectivity index (χ4n) is 3.68. The zero-order valence-corrected chi connectivity index (χ0v) is 15.3. The predicted molar refractivity (Wildman–Crippen MR) is 103 cm³/mol. The molecule has 28 heavy (non-hydrogen) atoms. The number of aromatic amines is 1. The fourth-order valence-corrected chi connectivity index (χ4v) is 3.68. The highest BCUT2D eigenvalue weighted by molar-refractivity contribution is 5.76. The molecule has 1 amide bonds. The molecule has 0 bridgehead atoms. The van der Waals surface area contributed by atoms with E-state index in [0.717, 1.165) is 33.0 Å². The molecule has 1 unspecified atom stereocenters. The van der Waals surface area contributed by atoms with Crippen LogP contribution in [0.4, 0.5) is 4.39 Å². The van der Waals surface area contributed by atoms with E-state index >= 15 is 0 Å². The van der Waals surface area contributed by atoms with Crippen LogP contribution in [0.15, 0.2) is 47.4 Å². The Labute approximate surface area is 160 Å². The number of benzene rings is 2. The van der Waals surface area contributed by atoms with Gasteiger partial charge in [-0.15, -0.1) is 0 Å². The van der Waals surface area contributed by atoms with E-state index in [1.54, 1.807) is 13.0 Å². The first-order valence-electron chi connectivity index (χ1n) is 9.05. The lowest BCUT2D eigenvalue weighted by atomic mass is 9.99. The Balaban J connectivity index is 1.45. The second-order valence-electron chi connectivity index (χ2n) is 7.16. The summed E-state index contributed by atoms with van der Waals surface area (Å²) < 4.78 is 14.5. The zero-order valence-electron chi connectivity index (χ0n) is 15.3. The third-order valence-corrected chi connectivity index (χ3v) is 5.14. The lowest BCUT2D eigenvalue weighted by molar-refractivity contribution is -0.122. The minimum absolute atomic E-state index is 0.0653. The van der Waals surface area contributed by atoms with Crippen molar-refractivity contribution in [1.82, 2.24) is 14.9 Å². The van der Waals surface area contributed by atoms with Crippen LogP contribution in [-0.2, 0) is 24.2 Å². The number of nitrogens with one attached hydrogen (secondary N) is 2. The minimum Gasteiger partial charge on any atom is -0.493 e. The number of nitrogens with zero attached hydrogens (tertiary/aromatic N) is 1. The summed E-state index contributed by atoms with van der Waals surface area (Å²) in [6.45, 7) is 1.51. The van der Waals surface area contributed by atoms with Gasteiger partial charge in [0, 0.05) is 6.04 Å². The van der Waals surface area contributed by atoms with E-state index in [-0.39, 0.29) is 30.2 Å². The largest absolute Gasteiger partial charge is 0.493 e. The van der Waals surface area contributed by atoms with Crippen molar-refractivity contribution < 1.29 is 14.3 Å². The number of H-pyrrole nitrogens is 1. The average Bonchev–Trinajstić information content (AvgIpc) is 3.20. The van der Waals surface area contributed by atoms with Gasteiger partial charge in [0.1, 0.15) is 12.4 Å². The molecule has 1 atom stereocenters. The van der Waals surface area contributed by atoms with Crippen LogP contribution in [0.25, 0.3) is 11.1 Å². The molecule has 0 saturated heterocycles. The molecule has 1 aromatic heterocycles. The minimum atomic E-state index is -0.526. The topological polar surface area (TPSA) is 87.1 Å². The van der Waals surface area contributed by atoms with E-state index in [9.17, 15) is 19.1 Å². The van der Waals surface area contributed by atoms with Gasteiger partial charge >= 0.3 is 5.69 Å². The summed E-state index contributed by atoms with van der Waals surface area (Å²) in [5.41, 5.74) is 4.35. The first-order valence-corrected chi connectivity index (χ1v) is 9.05. The van der Waals surface area contributed by atoms with Crippen molar-refractivity contribution in [2.24, 2.45) is 0 Å². The summed E-state index contributed by atoms with van der Waals surface area (Å²) in [6.07, 6.45) is 2.54. The third-order valence-electron chi connectivity index (χ3n) is 5.14. The van der Waals surface area contributed by atoms with E-state index in [0.29, 0.717) is 18.4 Å². The standard InChI is InChI=1S/C21H20FN3O3/c1-12-6-13(4-5-18(12)22)14-2-3-15-8-17(9-16(15)7-14)24-19(26)11-25-20(27)10-23-21(25)28/h2-7,10,17,27H,8-9,11H2,1H3,(H,23,28)(H,24,26). The van der Waals surface area contributed by atoms with Gasteiger partial charge in [0.15, 0.2) is 0 Å². The first kappa shape index (κ1) is 18.0. The van der Waals surface area contributed by atoms with Crippen LogP contribution in [0.2, 0.25) is 0 Å². The normalized spacial score (nSPS) is 15.4. The maximum absolute atomic E-state index is 13.5. The molecule has 7 heteroatoms. The Morgan fingerprint density at radius 2 is 1.93 bits per heavy atom. The molecule has 0 radical (unpaired) electrons. The molecule has 1 heterocycles. The highest BCUT2D eigenvalue weighted by Crippen LogP contribution is 2.29. The number of aromatic hydroxyl groups is 1. The molecule has 0 spiro atoms. The summed E-state index contributed by atoms with van der Waals surface area (Å²) in [7, 11) is 0. The number of aryl methyl sites for hydroxylation is 1. The molecule has 1 aliphatic carbocycles. The summed E-state index contributed by atoms with van der Waals surface area (Å²) in [6, 6.07) is 11.1. The van der Waals surface area contributed by atoms with Gasteiger partial charge < -0.3 is 15.4 Å². The summed E-state index contributed by atoms with van der Waals surface area (Å²) >= 11 is 0. The molecular formula is C21H20FN3O3. The number of aromatic nitrogens is 2. The molecule has 1 aliphatic rings. The molecule has 4 rings (SSSR count). The van der Waals surface area contributed by atoms with E-state index in [1.807, 2.05) is 18.2 Å². The van der Waals surface area contributed by atoms with Crippen molar-refractivity contribution >= 4 is 5.91 Å². The lowest BCUT2D eigenvalue weighted by Gasteiger charge is -2.12. The number of hydrogen-bond donors (Lipinski definition) is 3. The van der Waals surface area contributed by atoms with Gasteiger partial charge in [-0.05, 0) is 59.7 Å². The Morgan fingerprint density at radius 3 is 2.64 bits per heavy atom. The van der Waals surface area contributed by atoms with Crippen LogP contribution in [0.1, 0.15) is 16.7 Å². The van der Waals surface area contributed by atoms with Crippen LogP contribution >= 0.6 is 0 Å². The quantitative estimate of drug-likeness (QED) is 0.648. The SMILES string of the molecule is Cc1cc(-c2ccc3c(c2)CC(NC(=O)Cn2c(O)c[nH]c2=O)C3)ccc1F. The van der Waals surface area contributed by atoms with Crippen molar-refractivity contribution in [3.8, 4) is 17.0 Å². The van der Waals surface area contributed by atoms with Crippen LogP contribution in [0, 0.1) is 12.7 Å². The first-order chi connectivity index (χ1) is 13.4. The van der Waals surface area contributed by atoms with Crippen molar-refractivity contribution in [2.75, 3.05) is 0 Å². The van der Waals surface area contributed by atoms with Gasteiger partial charge in [-0.1, -0.05) is 24.3 Å². The smallest absolute Gasteiger partial charge is 0.328 e. The van der Waals surface area contributed by atoms with Gasteiger partial charge in [0.25, 0.3) is 0 Å². The van der Waals surface area contributed by atoms with E-state index in [1.165, 1.54) is 6.07 Å². The number of carbonyl (C=O) groups is 1. The molecule has 2 aromatic carbocycles. The molecule has 0 fully saturated rings. The maximum Gasteiger partial charge on any atom is 0.328 e. The monoisotopic (exact) mass is 381 g/mol. The van der Waals surface area contributed by atoms with Gasteiger partial charge in [-0.25, -0.2) is 9.18 Å². The van der Waals surface area contributed by atoms with Crippen LogP contribution in [0.3, 0.4) is 0 Å². The van der Waals surface area contributed by atoms with Crippen LogP contribution < -0.4 is 11.0 Å². The van der Waals surface area contributed by atoms with E-state index in [4.69, 9.17) is 0 Å². The van der Waals surface area contributed by atoms with Gasteiger partial charge in [-0.2, -0.15) is 0 Å². The average molecular weight is 381 g/mol. The summed E-state index contributed by atoms with van der Waals surface area (Å²) in [4.78, 5) is 26.1. The molecule has 6 nitrogen and oxygen atoms in total. The molecule has 3 aromatic rings. The number of amides is 1. The second-order valence-corrected chi connectivity index (χ2v) is 7.16. The van der Waals surface area contributed by atoms with Crippen molar-refractivity contribution in [1.29, 1.82) is 0 Å². The molecule has 144 valence electrons.